The molecule has 0 spiro atoms. The second-order valence-corrected chi connectivity index (χ2v) is 6.80. The Morgan fingerprint density at radius 3 is 2.81 bits per heavy atom. The number of ether oxygens (including phenoxy) is 1. The molecule has 7 heteroatoms. The largest absolute Gasteiger partial charge is 0.463 e. The third-order valence-electron chi connectivity index (χ3n) is 4.08. The summed E-state index contributed by atoms with van der Waals surface area (Å²) >= 11 is 1.48. The molecular weight excluding hydrogens is 350 g/mol. The number of nitrogens with zero attached hydrogens (tertiary/aromatic N) is 1. The van der Waals surface area contributed by atoms with E-state index < -0.39 is 5.97 Å². The van der Waals surface area contributed by atoms with Crippen LogP contribution in [0, 0.1) is 0 Å². The minimum absolute atomic E-state index is 0.291. The molecule has 2 aromatic rings. The van der Waals surface area contributed by atoms with Crippen molar-refractivity contribution >= 4 is 34.7 Å². The average molecular weight is 371 g/mol. The van der Waals surface area contributed by atoms with E-state index in [0.29, 0.717) is 30.1 Å². The number of nitrogens with one attached hydrogen (secondary N) is 2. The van der Waals surface area contributed by atoms with Crippen molar-refractivity contribution in [2.75, 3.05) is 12.4 Å². The summed E-state index contributed by atoms with van der Waals surface area (Å²) in [4.78, 5) is 28.9. The number of carbonyl (C=O) groups excluding carboxylic acids is 2. The van der Waals surface area contributed by atoms with Crippen molar-refractivity contribution in [3.63, 3.8) is 0 Å². The van der Waals surface area contributed by atoms with Crippen molar-refractivity contribution in [1.82, 2.24) is 15.6 Å². The van der Waals surface area contributed by atoms with Crippen molar-refractivity contribution in [2.45, 2.75) is 31.3 Å². The number of thioether (sulfide) groups is 1. The fraction of sp³-hybridized carbons (Fsp3) is 0.316. The molecule has 0 saturated heterocycles. The maximum Gasteiger partial charge on any atom is 0.337 e. The number of hydrogen-bond donors (Lipinski definition) is 2. The molecule has 1 aromatic heterocycles. The first-order valence-corrected chi connectivity index (χ1v) is 9.57. The van der Waals surface area contributed by atoms with Crippen molar-refractivity contribution < 1.29 is 14.3 Å². The van der Waals surface area contributed by atoms with Gasteiger partial charge in [0.1, 0.15) is 0 Å². The highest BCUT2D eigenvalue weighted by Crippen LogP contribution is 2.25. The van der Waals surface area contributed by atoms with E-state index in [1.54, 1.807) is 6.92 Å². The number of aromatic nitrogens is 1. The quantitative estimate of drug-likeness (QED) is 0.602. The summed E-state index contributed by atoms with van der Waals surface area (Å²) in [6, 6.07) is 11.2. The molecule has 2 amide bonds. The van der Waals surface area contributed by atoms with E-state index in [1.807, 2.05) is 43.3 Å². The van der Waals surface area contributed by atoms with Gasteiger partial charge in [0, 0.05) is 16.8 Å². The van der Waals surface area contributed by atoms with Crippen LogP contribution >= 0.6 is 11.8 Å². The normalized spacial score (nSPS) is 17.0. The molecular formula is C19H21N3O3S. The Bertz CT molecular complexity index is 866. The minimum atomic E-state index is -0.395. The van der Waals surface area contributed by atoms with Gasteiger partial charge in [0.25, 0.3) is 0 Å². The summed E-state index contributed by atoms with van der Waals surface area (Å²) in [6.45, 7) is 3.98. The van der Waals surface area contributed by atoms with Gasteiger partial charge in [-0.1, -0.05) is 31.2 Å². The van der Waals surface area contributed by atoms with Crippen LogP contribution in [0.1, 0.15) is 20.3 Å². The highest BCUT2D eigenvalue weighted by Gasteiger charge is 2.31. The van der Waals surface area contributed by atoms with Crippen LogP contribution in [0.4, 0.5) is 4.79 Å². The van der Waals surface area contributed by atoms with Gasteiger partial charge in [0.15, 0.2) is 0 Å². The molecule has 1 aliphatic heterocycles. The van der Waals surface area contributed by atoms with E-state index >= 15 is 0 Å². The van der Waals surface area contributed by atoms with Gasteiger partial charge in [-0.05, 0) is 25.5 Å². The number of rotatable bonds is 6. The predicted molar refractivity (Wildman–Crippen MR) is 102 cm³/mol. The zero-order chi connectivity index (χ0) is 18.5. The summed E-state index contributed by atoms with van der Waals surface area (Å²) < 4.78 is 5.18. The van der Waals surface area contributed by atoms with E-state index in [4.69, 9.17) is 4.74 Å². The van der Waals surface area contributed by atoms with E-state index in [1.165, 1.54) is 11.8 Å². The Balaban J connectivity index is 1.85. The molecule has 3 rings (SSSR count). The number of para-hydroxylation sites is 1. The van der Waals surface area contributed by atoms with Crippen LogP contribution in [-0.2, 0) is 9.53 Å². The Hall–Kier alpha value is -2.54. The van der Waals surface area contributed by atoms with Gasteiger partial charge in [0.2, 0.25) is 0 Å². The lowest BCUT2D eigenvalue weighted by Crippen LogP contribution is -2.50. The lowest BCUT2D eigenvalue weighted by molar-refractivity contribution is -0.139. The molecule has 2 heterocycles. The van der Waals surface area contributed by atoms with Gasteiger partial charge in [-0.15, -0.1) is 11.8 Å². The monoisotopic (exact) mass is 371 g/mol. The molecule has 0 saturated carbocycles. The van der Waals surface area contributed by atoms with Crippen molar-refractivity contribution in [3.05, 3.63) is 47.7 Å². The van der Waals surface area contributed by atoms with Crippen molar-refractivity contribution in [2.24, 2.45) is 0 Å². The summed E-state index contributed by atoms with van der Waals surface area (Å²) in [6.07, 6.45) is 0.615. The first-order valence-electron chi connectivity index (χ1n) is 8.58. The zero-order valence-electron chi connectivity index (χ0n) is 14.7. The molecule has 1 aromatic carbocycles. The van der Waals surface area contributed by atoms with E-state index in [0.717, 1.165) is 15.9 Å². The first-order chi connectivity index (χ1) is 12.6. The minimum Gasteiger partial charge on any atom is -0.463 e. The first kappa shape index (κ1) is 18.3. The summed E-state index contributed by atoms with van der Waals surface area (Å²) in [7, 11) is 0. The second-order valence-electron chi connectivity index (χ2n) is 5.80. The van der Waals surface area contributed by atoms with Crippen LogP contribution in [0.15, 0.2) is 52.7 Å². The number of urea groups is 1. The molecule has 0 unspecified atom stereocenters. The Labute approximate surface area is 156 Å². The third-order valence-corrected chi connectivity index (χ3v) is 5.04. The van der Waals surface area contributed by atoms with Crippen LogP contribution in [0.3, 0.4) is 0 Å². The highest BCUT2D eigenvalue weighted by atomic mass is 32.2. The van der Waals surface area contributed by atoms with Gasteiger partial charge < -0.3 is 15.4 Å². The topological polar surface area (TPSA) is 80.3 Å². The summed E-state index contributed by atoms with van der Waals surface area (Å²) in [5.74, 6) is 0.0394. The molecule has 0 aliphatic carbocycles. The molecule has 2 N–H and O–H groups in total. The molecule has 26 heavy (non-hydrogen) atoms. The van der Waals surface area contributed by atoms with Crippen molar-refractivity contribution in [3.8, 4) is 0 Å². The maximum absolute atomic E-state index is 12.4. The van der Waals surface area contributed by atoms with Gasteiger partial charge in [-0.25, -0.2) is 14.6 Å². The third kappa shape index (κ3) is 3.99. The molecule has 136 valence electrons. The Morgan fingerprint density at radius 2 is 2.04 bits per heavy atom. The number of amides is 2. The van der Waals surface area contributed by atoms with Gasteiger partial charge in [-0.2, -0.15) is 0 Å². The highest BCUT2D eigenvalue weighted by molar-refractivity contribution is 7.99. The van der Waals surface area contributed by atoms with Crippen LogP contribution in [0.2, 0.25) is 0 Å². The SMILES string of the molecule is CCOC(=O)C1=C(CSc2ccc3ccccc3n2)NC(=O)N[C@H]1CC. The summed E-state index contributed by atoms with van der Waals surface area (Å²) in [5, 5.41) is 7.44. The number of pyridine rings is 1. The van der Waals surface area contributed by atoms with Gasteiger partial charge in [-0.3, -0.25) is 0 Å². The second kappa shape index (κ2) is 8.23. The molecule has 0 bridgehead atoms. The predicted octanol–water partition coefficient (Wildman–Crippen LogP) is 3.24. The molecule has 0 radical (unpaired) electrons. The van der Waals surface area contributed by atoms with Crippen molar-refractivity contribution in [1.29, 1.82) is 0 Å². The van der Waals surface area contributed by atoms with Crippen LogP contribution in [0.5, 0.6) is 0 Å². The lowest BCUT2D eigenvalue weighted by Gasteiger charge is -2.28. The van der Waals surface area contributed by atoms with Crippen LogP contribution in [-0.4, -0.2) is 35.4 Å². The standard InChI is InChI=1S/C19H21N3O3S/c1-3-13-17(18(23)25-4-2)15(22-19(24)21-13)11-26-16-10-9-12-7-5-6-8-14(12)20-16/h5-10,13H,3-4,11H2,1-2H3,(H2,21,22,24)/t13-/m0/s1. The molecule has 0 fully saturated rings. The molecule has 6 nitrogen and oxygen atoms in total. The maximum atomic E-state index is 12.4. The Kier molecular flexibility index (Phi) is 5.78. The van der Waals surface area contributed by atoms with E-state index in [-0.39, 0.29) is 12.1 Å². The number of benzene rings is 1. The van der Waals surface area contributed by atoms with E-state index in [2.05, 4.69) is 15.6 Å². The van der Waals surface area contributed by atoms with Gasteiger partial charge >= 0.3 is 12.0 Å². The Morgan fingerprint density at radius 1 is 1.23 bits per heavy atom. The molecule has 1 aliphatic rings. The number of hydrogen-bond acceptors (Lipinski definition) is 5. The smallest absolute Gasteiger partial charge is 0.337 e. The van der Waals surface area contributed by atoms with E-state index in [9.17, 15) is 9.59 Å². The lowest BCUT2D eigenvalue weighted by atomic mass is 10.0. The van der Waals surface area contributed by atoms with Gasteiger partial charge in [0.05, 0.1) is 28.8 Å². The fourth-order valence-electron chi connectivity index (χ4n) is 2.85. The summed E-state index contributed by atoms with van der Waals surface area (Å²) in [5.41, 5.74) is 1.99. The number of carbonyl (C=O) groups is 2. The number of esters is 1. The number of fused-ring (bicyclic) bond motifs is 1. The molecule has 1 atom stereocenters. The fourth-order valence-corrected chi connectivity index (χ4v) is 3.70. The average Bonchev–Trinajstić information content (AvgIpc) is 2.65. The van der Waals surface area contributed by atoms with Crippen LogP contribution < -0.4 is 10.6 Å². The zero-order valence-corrected chi connectivity index (χ0v) is 15.6. The van der Waals surface area contributed by atoms with Crippen LogP contribution in [0.25, 0.3) is 10.9 Å².